The third-order valence-electron chi connectivity index (χ3n) is 5.10. The van der Waals surface area contributed by atoms with E-state index in [9.17, 15) is 14.7 Å². The van der Waals surface area contributed by atoms with Crippen LogP contribution in [0.1, 0.15) is 12.0 Å². The Morgan fingerprint density at radius 2 is 1.56 bits per heavy atom. The number of benzene rings is 1. The zero-order valence-corrected chi connectivity index (χ0v) is 13.9. The molecule has 0 saturated carbocycles. The number of nitrogens with zero attached hydrogens (tertiary/aromatic N) is 2. The van der Waals surface area contributed by atoms with Gasteiger partial charge in [-0.2, -0.15) is 0 Å². The Morgan fingerprint density at radius 1 is 0.920 bits per heavy atom. The lowest BCUT2D eigenvalue weighted by atomic mass is 10.00. The molecule has 0 unspecified atom stereocenters. The van der Waals surface area contributed by atoms with Gasteiger partial charge >= 0.3 is 5.97 Å². The van der Waals surface area contributed by atoms with Crippen LogP contribution in [-0.4, -0.2) is 53.0 Å². The Bertz CT molecular complexity index is 813. The molecule has 25 heavy (non-hydrogen) atoms. The fourth-order valence-corrected chi connectivity index (χ4v) is 3.79. The quantitative estimate of drug-likeness (QED) is 0.913. The fraction of sp³-hybridized carbons (Fsp3) is 0.300. The molecule has 1 fully saturated rings. The minimum atomic E-state index is -1.000. The lowest BCUT2D eigenvalue weighted by molar-refractivity contribution is -0.134. The van der Waals surface area contributed by atoms with Crippen molar-refractivity contribution in [3.8, 4) is 0 Å². The number of amides is 1. The second kappa shape index (κ2) is 6.33. The highest BCUT2D eigenvalue weighted by molar-refractivity contribution is 6.12. The van der Waals surface area contributed by atoms with Gasteiger partial charge in [-0.05, 0) is 23.1 Å². The molecular weight excluding hydrogens is 316 g/mol. The molecule has 0 atom stereocenters. The molecule has 1 N–H and O–H groups in total. The van der Waals surface area contributed by atoms with Gasteiger partial charge in [0, 0.05) is 32.7 Å². The Labute approximate surface area is 146 Å². The summed E-state index contributed by atoms with van der Waals surface area (Å²) in [6, 6.07) is 10.3. The average Bonchev–Trinajstić information content (AvgIpc) is 3.24. The lowest BCUT2D eigenvalue weighted by Gasteiger charge is -2.35. The van der Waals surface area contributed by atoms with Crippen LogP contribution in [0.2, 0.25) is 0 Å². The van der Waals surface area contributed by atoms with E-state index in [2.05, 4.69) is 17.0 Å². The third-order valence-corrected chi connectivity index (χ3v) is 5.10. The molecule has 2 aliphatic carbocycles. The fourth-order valence-electron chi connectivity index (χ4n) is 3.79. The molecule has 5 heteroatoms. The van der Waals surface area contributed by atoms with Crippen molar-refractivity contribution in [2.75, 3.05) is 26.2 Å². The number of carbonyl (C=O) groups is 2. The summed E-state index contributed by atoms with van der Waals surface area (Å²) >= 11 is 0. The van der Waals surface area contributed by atoms with Crippen molar-refractivity contribution in [2.45, 2.75) is 13.0 Å². The predicted molar refractivity (Wildman–Crippen MR) is 93.7 cm³/mol. The van der Waals surface area contributed by atoms with Gasteiger partial charge in [-0.3, -0.25) is 9.69 Å². The smallest absolute Gasteiger partial charge is 0.336 e. The van der Waals surface area contributed by atoms with Crippen molar-refractivity contribution in [3.05, 3.63) is 70.3 Å². The molecule has 1 aromatic rings. The van der Waals surface area contributed by atoms with Crippen LogP contribution in [0.3, 0.4) is 0 Å². The van der Waals surface area contributed by atoms with Crippen molar-refractivity contribution in [3.63, 3.8) is 0 Å². The number of carbonyl (C=O) groups excluding carboxylic acids is 1. The van der Waals surface area contributed by atoms with Crippen molar-refractivity contribution >= 4 is 11.9 Å². The van der Waals surface area contributed by atoms with Crippen LogP contribution in [0.5, 0.6) is 0 Å². The largest absolute Gasteiger partial charge is 0.478 e. The number of hydrogen-bond donors (Lipinski definition) is 1. The molecule has 2 bridgehead atoms. The number of allylic oxidation sites excluding steroid dienone is 4. The number of piperazine rings is 1. The van der Waals surface area contributed by atoms with E-state index < -0.39 is 5.97 Å². The van der Waals surface area contributed by atoms with E-state index >= 15 is 0 Å². The first-order valence-corrected chi connectivity index (χ1v) is 8.57. The van der Waals surface area contributed by atoms with Gasteiger partial charge in [0.1, 0.15) is 0 Å². The van der Waals surface area contributed by atoms with E-state index in [1.54, 1.807) is 4.90 Å². The second-order valence-corrected chi connectivity index (χ2v) is 6.67. The van der Waals surface area contributed by atoms with Gasteiger partial charge in [0.2, 0.25) is 0 Å². The van der Waals surface area contributed by atoms with Crippen LogP contribution in [0.15, 0.2) is 64.8 Å². The van der Waals surface area contributed by atoms with E-state index in [4.69, 9.17) is 0 Å². The highest BCUT2D eigenvalue weighted by Crippen LogP contribution is 2.40. The van der Waals surface area contributed by atoms with E-state index in [0.717, 1.165) is 30.8 Å². The SMILES string of the molecule is O=C(O)C1=C2C=CC(=C1C(=O)N1CCN(Cc3ccccc3)CC1)C2. The highest BCUT2D eigenvalue weighted by Gasteiger charge is 2.36. The molecule has 128 valence electrons. The van der Waals surface area contributed by atoms with Crippen LogP contribution in [0.25, 0.3) is 0 Å². The molecule has 1 heterocycles. The topological polar surface area (TPSA) is 60.9 Å². The summed E-state index contributed by atoms with van der Waals surface area (Å²) in [7, 11) is 0. The Balaban J connectivity index is 1.42. The molecule has 0 spiro atoms. The number of carboxylic acids is 1. The number of carboxylic acid groups (broad SMARTS) is 1. The molecule has 1 aromatic carbocycles. The van der Waals surface area contributed by atoms with Gasteiger partial charge in [-0.1, -0.05) is 42.5 Å². The summed E-state index contributed by atoms with van der Waals surface area (Å²) in [5.74, 6) is -1.13. The summed E-state index contributed by atoms with van der Waals surface area (Å²) in [6.45, 7) is 3.75. The van der Waals surface area contributed by atoms with Gasteiger partial charge in [0.25, 0.3) is 5.91 Å². The van der Waals surface area contributed by atoms with Gasteiger partial charge in [0.15, 0.2) is 0 Å². The molecule has 0 radical (unpaired) electrons. The zero-order chi connectivity index (χ0) is 17.4. The predicted octanol–water partition coefficient (Wildman–Crippen LogP) is 1.98. The number of aliphatic carboxylic acids is 1. The van der Waals surface area contributed by atoms with Crippen LogP contribution >= 0.6 is 0 Å². The first-order chi connectivity index (χ1) is 12.1. The standard InChI is InChI=1S/C20H20N2O3/c23-19(17-15-6-7-16(12-15)18(17)20(24)25)22-10-8-21(9-11-22)13-14-4-2-1-3-5-14/h1-7H,8-13H2,(H,24,25). The zero-order valence-electron chi connectivity index (χ0n) is 13.9. The highest BCUT2D eigenvalue weighted by atomic mass is 16.4. The monoisotopic (exact) mass is 336 g/mol. The molecule has 1 aliphatic heterocycles. The minimum Gasteiger partial charge on any atom is -0.478 e. The van der Waals surface area contributed by atoms with E-state index in [1.165, 1.54) is 5.56 Å². The molecule has 1 saturated heterocycles. The normalized spacial score (nSPS) is 19.9. The molecule has 3 aliphatic rings. The first kappa shape index (κ1) is 15.8. The summed E-state index contributed by atoms with van der Waals surface area (Å²) in [6.07, 6.45) is 4.27. The summed E-state index contributed by atoms with van der Waals surface area (Å²) in [5, 5.41) is 9.45. The molecule has 1 amide bonds. The summed E-state index contributed by atoms with van der Waals surface area (Å²) in [5.41, 5.74) is 3.48. The van der Waals surface area contributed by atoms with Gasteiger partial charge < -0.3 is 10.0 Å². The summed E-state index contributed by atoms with van der Waals surface area (Å²) < 4.78 is 0. The van der Waals surface area contributed by atoms with Gasteiger partial charge in [-0.15, -0.1) is 0 Å². The van der Waals surface area contributed by atoms with Crippen molar-refractivity contribution < 1.29 is 14.7 Å². The maximum Gasteiger partial charge on any atom is 0.336 e. The van der Waals surface area contributed by atoms with Crippen LogP contribution in [0, 0.1) is 0 Å². The Hall–Kier alpha value is -2.66. The minimum absolute atomic E-state index is 0.133. The molecule has 5 nitrogen and oxygen atoms in total. The maximum atomic E-state index is 12.9. The number of rotatable bonds is 4. The second-order valence-electron chi connectivity index (χ2n) is 6.67. The molecule has 4 rings (SSSR count). The lowest BCUT2D eigenvalue weighted by Crippen LogP contribution is -2.49. The molecular formula is C20H20N2O3. The van der Waals surface area contributed by atoms with Crippen molar-refractivity contribution in [1.29, 1.82) is 0 Å². The van der Waals surface area contributed by atoms with Gasteiger partial charge in [0.05, 0.1) is 11.1 Å². The van der Waals surface area contributed by atoms with Crippen molar-refractivity contribution in [1.82, 2.24) is 9.80 Å². The average molecular weight is 336 g/mol. The van der Waals surface area contributed by atoms with Crippen LogP contribution in [-0.2, 0) is 16.1 Å². The third kappa shape index (κ3) is 2.91. The van der Waals surface area contributed by atoms with E-state index in [1.807, 2.05) is 30.4 Å². The maximum absolute atomic E-state index is 12.9. The van der Waals surface area contributed by atoms with E-state index in [-0.39, 0.29) is 11.5 Å². The number of fused-ring (bicyclic) bond motifs is 2. The molecule has 0 aromatic heterocycles. The van der Waals surface area contributed by atoms with Crippen LogP contribution < -0.4 is 0 Å². The van der Waals surface area contributed by atoms with Crippen LogP contribution in [0.4, 0.5) is 0 Å². The first-order valence-electron chi connectivity index (χ1n) is 8.57. The summed E-state index contributed by atoms with van der Waals surface area (Å²) in [4.78, 5) is 28.5. The van der Waals surface area contributed by atoms with Crippen molar-refractivity contribution in [2.24, 2.45) is 0 Å². The number of hydrogen-bond acceptors (Lipinski definition) is 3. The van der Waals surface area contributed by atoms with E-state index in [0.29, 0.717) is 25.1 Å². The van der Waals surface area contributed by atoms with Gasteiger partial charge in [-0.25, -0.2) is 4.79 Å². The Kier molecular flexibility index (Phi) is 4.01. The Morgan fingerprint density at radius 3 is 2.20 bits per heavy atom.